The highest BCUT2D eigenvalue weighted by Gasteiger charge is 2.24. The second kappa shape index (κ2) is 8.34. The van der Waals surface area contributed by atoms with Gasteiger partial charge in [0.25, 0.3) is 5.91 Å². The highest BCUT2D eigenvalue weighted by atomic mass is 16.6. The van der Waals surface area contributed by atoms with Crippen LogP contribution in [0.5, 0.6) is 0 Å². The van der Waals surface area contributed by atoms with Crippen LogP contribution in [0.2, 0.25) is 0 Å². The molecule has 2 saturated heterocycles. The molecule has 1 aromatic rings. The maximum absolute atomic E-state index is 12.3. The molecule has 1 unspecified atom stereocenters. The lowest BCUT2D eigenvalue weighted by Gasteiger charge is -2.33. The van der Waals surface area contributed by atoms with Crippen molar-refractivity contribution in [3.8, 4) is 0 Å². The molecule has 0 saturated carbocycles. The summed E-state index contributed by atoms with van der Waals surface area (Å²) in [5.74, 6) is -0.0962. The van der Waals surface area contributed by atoms with Gasteiger partial charge in [0.1, 0.15) is 6.61 Å². The second-order valence-corrected chi connectivity index (χ2v) is 6.81. The Bertz CT molecular complexity index is 620. The molecule has 2 amide bonds. The van der Waals surface area contributed by atoms with E-state index in [0.29, 0.717) is 37.0 Å². The third kappa shape index (κ3) is 4.51. The summed E-state index contributed by atoms with van der Waals surface area (Å²) in [5, 5.41) is 2.98. The summed E-state index contributed by atoms with van der Waals surface area (Å²) >= 11 is 0. The monoisotopic (exact) mass is 345 g/mol. The second-order valence-electron chi connectivity index (χ2n) is 6.81. The lowest BCUT2D eigenvalue weighted by Crippen LogP contribution is -2.39. The molecule has 136 valence electrons. The Labute approximate surface area is 149 Å². The molecular weight excluding hydrogens is 318 g/mol. The first-order chi connectivity index (χ1) is 12.1. The predicted molar refractivity (Wildman–Crippen MR) is 97.0 cm³/mol. The van der Waals surface area contributed by atoms with Crippen LogP contribution in [0.4, 0.5) is 10.5 Å². The van der Waals surface area contributed by atoms with Crippen molar-refractivity contribution in [2.24, 2.45) is 0 Å². The van der Waals surface area contributed by atoms with Gasteiger partial charge in [-0.3, -0.25) is 9.69 Å². The third-order valence-corrected chi connectivity index (χ3v) is 5.03. The average molecular weight is 345 g/mol. The minimum absolute atomic E-state index is 0.0962. The van der Waals surface area contributed by atoms with E-state index in [2.05, 4.69) is 17.1 Å². The molecule has 0 bridgehead atoms. The van der Waals surface area contributed by atoms with Crippen LogP contribution in [0, 0.1) is 0 Å². The minimum atomic E-state index is -0.354. The number of ether oxygens (including phenoxy) is 1. The molecule has 6 nitrogen and oxygen atoms in total. The van der Waals surface area contributed by atoms with Crippen molar-refractivity contribution in [2.75, 3.05) is 37.7 Å². The van der Waals surface area contributed by atoms with Gasteiger partial charge in [-0.1, -0.05) is 12.5 Å². The van der Waals surface area contributed by atoms with Crippen molar-refractivity contribution in [1.29, 1.82) is 0 Å². The molecule has 2 fully saturated rings. The largest absolute Gasteiger partial charge is 0.447 e. The van der Waals surface area contributed by atoms with Gasteiger partial charge in [-0.05, 0) is 50.9 Å². The molecule has 0 aromatic heterocycles. The fraction of sp³-hybridized carbons (Fsp3) is 0.579. The van der Waals surface area contributed by atoms with Crippen LogP contribution in [-0.4, -0.2) is 55.7 Å². The number of anilines is 1. The summed E-state index contributed by atoms with van der Waals surface area (Å²) in [6, 6.07) is 7.79. The number of carbonyl (C=O) groups is 2. The van der Waals surface area contributed by atoms with Gasteiger partial charge >= 0.3 is 6.09 Å². The van der Waals surface area contributed by atoms with Gasteiger partial charge in [-0.2, -0.15) is 0 Å². The van der Waals surface area contributed by atoms with Crippen LogP contribution >= 0.6 is 0 Å². The number of cyclic esters (lactones) is 1. The zero-order valence-electron chi connectivity index (χ0n) is 14.9. The van der Waals surface area contributed by atoms with Crippen molar-refractivity contribution in [2.45, 2.75) is 38.6 Å². The highest BCUT2D eigenvalue weighted by molar-refractivity contribution is 5.97. The molecule has 1 N–H and O–H groups in total. The maximum atomic E-state index is 12.3. The van der Waals surface area contributed by atoms with E-state index in [4.69, 9.17) is 4.74 Å². The van der Waals surface area contributed by atoms with E-state index in [0.717, 1.165) is 13.0 Å². The number of rotatable bonds is 6. The number of likely N-dealkylation sites (tertiary alicyclic amines) is 1. The first-order valence-corrected chi connectivity index (χ1v) is 9.22. The van der Waals surface area contributed by atoms with Crippen LogP contribution in [0.25, 0.3) is 0 Å². The summed E-state index contributed by atoms with van der Waals surface area (Å²) in [5.41, 5.74) is 1.28. The van der Waals surface area contributed by atoms with E-state index in [1.165, 1.54) is 25.8 Å². The molecule has 0 spiro atoms. The topological polar surface area (TPSA) is 61.9 Å². The maximum Gasteiger partial charge on any atom is 0.414 e. The molecule has 6 heteroatoms. The summed E-state index contributed by atoms with van der Waals surface area (Å²) in [6.45, 7) is 6.07. The molecule has 3 rings (SSSR count). The summed E-state index contributed by atoms with van der Waals surface area (Å²) in [7, 11) is 0. The first kappa shape index (κ1) is 17.7. The molecule has 0 aliphatic carbocycles. The van der Waals surface area contributed by atoms with E-state index in [-0.39, 0.29) is 12.0 Å². The molecule has 2 aliphatic rings. The molecule has 0 radical (unpaired) electrons. The fourth-order valence-electron chi connectivity index (χ4n) is 3.52. The first-order valence-electron chi connectivity index (χ1n) is 9.22. The van der Waals surface area contributed by atoms with Crippen LogP contribution in [0.15, 0.2) is 24.3 Å². The van der Waals surface area contributed by atoms with Crippen LogP contribution in [0.3, 0.4) is 0 Å². The van der Waals surface area contributed by atoms with Gasteiger partial charge in [-0.15, -0.1) is 0 Å². The number of amides is 2. The number of benzene rings is 1. The molecule has 25 heavy (non-hydrogen) atoms. The number of piperidine rings is 1. The van der Waals surface area contributed by atoms with Crippen molar-refractivity contribution in [1.82, 2.24) is 10.2 Å². The van der Waals surface area contributed by atoms with E-state index in [1.807, 2.05) is 6.07 Å². The molecule has 2 heterocycles. The number of hydrogen-bond donors (Lipinski definition) is 1. The van der Waals surface area contributed by atoms with Crippen molar-refractivity contribution < 1.29 is 14.3 Å². The van der Waals surface area contributed by atoms with E-state index < -0.39 is 0 Å². The zero-order valence-corrected chi connectivity index (χ0v) is 14.9. The molecule has 2 aliphatic heterocycles. The highest BCUT2D eigenvalue weighted by Crippen LogP contribution is 2.20. The Balaban J connectivity index is 1.47. The smallest absolute Gasteiger partial charge is 0.414 e. The van der Waals surface area contributed by atoms with E-state index in [9.17, 15) is 9.59 Å². The summed E-state index contributed by atoms with van der Waals surface area (Å²) < 4.78 is 4.95. The number of hydrogen-bond acceptors (Lipinski definition) is 4. The van der Waals surface area contributed by atoms with Crippen LogP contribution in [-0.2, 0) is 4.74 Å². The number of nitrogens with zero attached hydrogens (tertiary/aromatic N) is 2. The predicted octanol–water partition coefficient (Wildman–Crippen LogP) is 2.64. The number of carbonyl (C=O) groups excluding carboxylic acids is 2. The Morgan fingerprint density at radius 2 is 2.20 bits per heavy atom. The number of nitrogens with one attached hydrogen (secondary N) is 1. The normalized spacial score (nSPS) is 21.2. The Hall–Kier alpha value is -2.08. The van der Waals surface area contributed by atoms with Gasteiger partial charge in [0.15, 0.2) is 0 Å². The molecule has 1 atom stereocenters. The van der Waals surface area contributed by atoms with Crippen LogP contribution < -0.4 is 10.2 Å². The van der Waals surface area contributed by atoms with E-state index >= 15 is 0 Å². The SMILES string of the molecule is CC1CCCCN1CCCNC(=O)c1cccc(N2CCOC2=O)c1. The van der Waals surface area contributed by atoms with Crippen molar-refractivity contribution >= 4 is 17.7 Å². The molecule has 1 aromatic carbocycles. The van der Waals surface area contributed by atoms with Gasteiger partial charge in [0.2, 0.25) is 0 Å². The Morgan fingerprint density at radius 1 is 1.32 bits per heavy atom. The fourth-order valence-corrected chi connectivity index (χ4v) is 3.52. The Kier molecular flexibility index (Phi) is 5.91. The van der Waals surface area contributed by atoms with Gasteiger partial charge < -0.3 is 15.0 Å². The van der Waals surface area contributed by atoms with Gasteiger partial charge in [0, 0.05) is 30.4 Å². The van der Waals surface area contributed by atoms with Gasteiger partial charge in [0.05, 0.1) is 6.54 Å². The van der Waals surface area contributed by atoms with E-state index in [1.54, 1.807) is 23.1 Å². The Morgan fingerprint density at radius 3 is 2.96 bits per heavy atom. The third-order valence-electron chi connectivity index (χ3n) is 5.03. The van der Waals surface area contributed by atoms with Crippen LogP contribution in [0.1, 0.15) is 43.0 Å². The lowest BCUT2D eigenvalue weighted by molar-refractivity contribution is 0.0948. The lowest BCUT2D eigenvalue weighted by atomic mass is 10.0. The minimum Gasteiger partial charge on any atom is -0.447 e. The zero-order chi connectivity index (χ0) is 17.6. The van der Waals surface area contributed by atoms with Gasteiger partial charge in [-0.25, -0.2) is 4.79 Å². The standard InChI is InChI=1S/C19H27N3O3/c1-15-6-2-3-10-21(15)11-5-9-20-18(23)16-7-4-8-17(14-16)22-12-13-25-19(22)24/h4,7-8,14-15H,2-3,5-6,9-13H2,1H3,(H,20,23). The quantitative estimate of drug-likeness (QED) is 0.805. The average Bonchev–Trinajstić information content (AvgIpc) is 3.06. The summed E-state index contributed by atoms with van der Waals surface area (Å²) in [4.78, 5) is 28.1. The molecular formula is C19H27N3O3. The summed E-state index contributed by atoms with van der Waals surface area (Å²) in [6.07, 6.45) is 4.48. The van der Waals surface area contributed by atoms with Crippen molar-refractivity contribution in [3.05, 3.63) is 29.8 Å². The van der Waals surface area contributed by atoms with Crippen molar-refractivity contribution in [3.63, 3.8) is 0 Å².